The second-order valence-electron chi connectivity index (χ2n) is 10.1. The molecule has 1 amide bonds. The molecule has 0 radical (unpaired) electrons. The van der Waals surface area contributed by atoms with Crippen molar-refractivity contribution >= 4 is 59.5 Å². The fraction of sp³-hybridized carbons (Fsp3) is 0.393. The minimum atomic E-state index is -0.835. The van der Waals surface area contributed by atoms with Crippen molar-refractivity contribution < 1.29 is 18.3 Å². The highest BCUT2D eigenvalue weighted by molar-refractivity contribution is 7.99. The van der Waals surface area contributed by atoms with Crippen LogP contribution >= 0.6 is 36.9 Å². The van der Waals surface area contributed by atoms with E-state index in [4.69, 9.17) is 16.3 Å². The summed E-state index contributed by atoms with van der Waals surface area (Å²) >= 11 is 7.57. The number of thioether (sulfide) groups is 1. The molecule has 0 bridgehead atoms. The first-order valence-corrected chi connectivity index (χ1v) is 14.0. The lowest BCUT2D eigenvalue weighted by molar-refractivity contribution is -0.130. The standard InChI is InChI=1S/C28H29ClF2N4O3S.H2S/c1-6-23(36)34-15(3)10-33(11-16(34)4)27-19-7-14(2)24(18-8-20(29)22(31)9-21(18)30)26-25(19)35(28(37)32-27)17(12-38-5)13-39-26;/h6-9,15-17H,1,10-13H2,2-5H3;1H2/t15-,16+,17-;/m0./s1. The van der Waals surface area contributed by atoms with Crippen LogP contribution < -0.4 is 10.6 Å². The summed E-state index contributed by atoms with van der Waals surface area (Å²) in [4.78, 5) is 35.2. The first-order chi connectivity index (χ1) is 18.6. The van der Waals surface area contributed by atoms with Gasteiger partial charge in [-0.05, 0) is 44.5 Å². The normalized spacial score (nSPS) is 20.4. The maximum absolute atomic E-state index is 15.1. The number of halogens is 3. The summed E-state index contributed by atoms with van der Waals surface area (Å²) in [5.74, 6) is -0.676. The van der Waals surface area contributed by atoms with Crippen LogP contribution in [-0.2, 0) is 9.53 Å². The van der Waals surface area contributed by atoms with E-state index in [0.29, 0.717) is 47.2 Å². The lowest BCUT2D eigenvalue weighted by Gasteiger charge is -2.45. The van der Waals surface area contributed by atoms with E-state index < -0.39 is 17.3 Å². The summed E-state index contributed by atoms with van der Waals surface area (Å²) in [6.45, 7) is 10.6. The summed E-state index contributed by atoms with van der Waals surface area (Å²) in [6, 6.07) is 3.42. The van der Waals surface area contributed by atoms with Crippen molar-refractivity contribution in [2.24, 2.45) is 0 Å². The molecule has 2 aliphatic heterocycles. The summed E-state index contributed by atoms with van der Waals surface area (Å²) < 4.78 is 36.2. The van der Waals surface area contributed by atoms with E-state index in [9.17, 15) is 14.0 Å². The molecule has 214 valence electrons. The van der Waals surface area contributed by atoms with Gasteiger partial charge in [0.15, 0.2) is 0 Å². The number of aryl methyl sites for hydroxylation is 1. The van der Waals surface area contributed by atoms with Crippen LogP contribution in [0.4, 0.5) is 14.6 Å². The zero-order valence-corrected chi connectivity index (χ0v) is 25.2. The van der Waals surface area contributed by atoms with Crippen LogP contribution in [0.3, 0.4) is 0 Å². The molecule has 1 aromatic heterocycles. The molecule has 0 unspecified atom stereocenters. The third-order valence-corrected chi connectivity index (χ3v) is 8.94. The van der Waals surface area contributed by atoms with Gasteiger partial charge >= 0.3 is 5.69 Å². The number of hydrogen-bond donors (Lipinski definition) is 0. The molecule has 0 spiro atoms. The van der Waals surface area contributed by atoms with E-state index in [1.807, 2.05) is 31.7 Å². The molecule has 3 atom stereocenters. The quantitative estimate of drug-likeness (QED) is 0.289. The summed E-state index contributed by atoms with van der Waals surface area (Å²) in [5.41, 5.74) is 1.68. The van der Waals surface area contributed by atoms with Crippen molar-refractivity contribution in [3.8, 4) is 11.1 Å². The largest absolute Gasteiger partial charge is 0.383 e. The maximum atomic E-state index is 15.1. The van der Waals surface area contributed by atoms with Crippen molar-refractivity contribution in [2.75, 3.05) is 37.5 Å². The Kier molecular flexibility index (Phi) is 8.89. The average Bonchev–Trinajstić information content (AvgIpc) is 2.88. The third kappa shape index (κ3) is 5.01. The molecule has 1 fully saturated rings. The van der Waals surface area contributed by atoms with Gasteiger partial charge in [-0.2, -0.15) is 18.5 Å². The second kappa shape index (κ2) is 11.7. The van der Waals surface area contributed by atoms with Crippen LogP contribution in [-0.4, -0.2) is 65.0 Å². The first-order valence-electron chi connectivity index (χ1n) is 12.6. The molecule has 1 saturated heterocycles. The van der Waals surface area contributed by atoms with Gasteiger partial charge in [0.2, 0.25) is 5.91 Å². The van der Waals surface area contributed by atoms with Crippen LogP contribution in [0.1, 0.15) is 25.5 Å². The van der Waals surface area contributed by atoms with E-state index >= 15 is 4.39 Å². The smallest absolute Gasteiger partial charge is 0.350 e. The van der Waals surface area contributed by atoms with Crippen molar-refractivity contribution in [1.82, 2.24) is 14.5 Å². The molecule has 2 aromatic carbocycles. The highest BCUT2D eigenvalue weighted by Crippen LogP contribution is 2.47. The zero-order chi connectivity index (χ0) is 28.2. The van der Waals surface area contributed by atoms with Crippen LogP contribution in [0.2, 0.25) is 5.02 Å². The Morgan fingerprint density at radius 2 is 1.90 bits per heavy atom. The summed E-state index contributed by atoms with van der Waals surface area (Å²) in [5, 5.41) is 0.564. The predicted octanol–water partition coefficient (Wildman–Crippen LogP) is 5.32. The molecule has 5 rings (SSSR count). The van der Waals surface area contributed by atoms with Crippen LogP contribution in [0.15, 0.2) is 40.5 Å². The van der Waals surface area contributed by atoms with Gasteiger partial charge in [-0.1, -0.05) is 18.2 Å². The Morgan fingerprint density at radius 1 is 1.23 bits per heavy atom. The SMILES string of the molecule is C=CC(=O)N1[C@H](C)CN(c2nc(=O)n3c4c(c(-c5cc(Cl)c(F)cc5F)c(C)cc24)SC[C@@H]3COC)C[C@@H]1C.S. The predicted molar refractivity (Wildman–Crippen MR) is 161 cm³/mol. The lowest BCUT2D eigenvalue weighted by Crippen LogP contribution is -2.58. The fourth-order valence-electron chi connectivity index (χ4n) is 5.86. The second-order valence-corrected chi connectivity index (χ2v) is 11.5. The molecule has 0 saturated carbocycles. The highest BCUT2D eigenvalue weighted by atomic mass is 35.5. The molecule has 40 heavy (non-hydrogen) atoms. The van der Waals surface area contributed by atoms with E-state index in [1.165, 1.54) is 23.9 Å². The highest BCUT2D eigenvalue weighted by Gasteiger charge is 2.35. The molecule has 0 aliphatic carbocycles. The number of piperazine rings is 1. The minimum absolute atomic E-state index is 0. The molecule has 0 N–H and O–H groups in total. The zero-order valence-electron chi connectivity index (χ0n) is 22.6. The number of anilines is 1. The number of methoxy groups -OCH3 is 1. The molecule has 7 nitrogen and oxygen atoms in total. The average molecular weight is 609 g/mol. The number of carbonyl (C=O) groups is 1. The number of nitrogens with zero attached hydrogens (tertiary/aromatic N) is 4. The lowest BCUT2D eigenvalue weighted by atomic mass is 9.96. The Balaban J connectivity index is 0.00000370. The van der Waals surface area contributed by atoms with Crippen molar-refractivity contribution in [2.45, 2.75) is 43.8 Å². The minimum Gasteiger partial charge on any atom is -0.383 e. The van der Waals surface area contributed by atoms with E-state index in [0.717, 1.165) is 17.0 Å². The Bertz CT molecular complexity index is 1560. The molecule has 3 heterocycles. The summed E-state index contributed by atoms with van der Waals surface area (Å²) in [6.07, 6.45) is 1.31. The van der Waals surface area contributed by atoms with Crippen LogP contribution in [0, 0.1) is 18.6 Å². The Hall–Kier alpha value is -2.60. The Morgan fingerprint density at radius 3 is 2.52 bits per heavy atom. The molecule has 3 aromatic rings. The number of ether oxygens (including phenoxy) is 1. The van der Waals surface area contributed by atoms with Crippen molar-refractivity contribution in [1.29, 1.82) is 0 Å². The van der Waals surface area contributed by atoms with E-state index in [2.05, 4.69) is 11.6 Å². The maximum Gasteiger partial charge on any atom is 0.350 e. The fourth-order valence-corrected chi connectivity index (χ4v) is 7.39. The van der Waals surface area contributed by atoms with Crippen LogP contribution in [0.5, 0.6) is 0 Å². The van der Waals surface area contributed by atoms with Crippen LogP contribution in [0.25, 0.3) is 22.0 Å². The van der Waals surface area contributed by atoms with Crippen molar-refractivity contribution in [3.63, 3.8) is 0 Å². The number of hydrogen-bond acceptors (Lipinski definition) is 6. The van der Waals surface area contributed by atoms with Gasteiger partial charge in [-0.15, -0.1) is 11.8 Å². The van der Waals surface area contributed by atoms with Crippen molar-refractivity contribution in [3.05, 3.63) is 63.6 Å². The van der Waals surface area contributed by atoms with Gasteiger partial charge < -0.3 is 14.5 Å². The van der Waals surface area contributed by atoms with E-state index in [-0.39, 0.29) is 48.1 Å². The van der Waals surface area contributed by atoms with Gasteiger partial charge in [0.25, 0.3) is 0 Å². The monoisotopic (exact) mass is 608 g/mol. The van der Waals surface area contributed by atoms with Gasteiger partial charge in [0, 0.05) is 65.5 Å². The van der Waals surface area contributed by atoms with Gasteiger partial charge in [-0.25, -0.2) is 13.6 Å². The number of amides is 1. The number of benzene rings is 2. The van der Waals surface area contributed by atoms with Gasteiger partial charge in [0.05, 0.1) is 23.2 Å². The molecular weight excluding hydrogens is 578 g/mol. The topological polar surface area (TPSA) is 67.7 Å². The number of aromatic nitrogens is 2. The molecule has 2 aliphatic rings. The first kappa shape index (κ1) is 30.4. The van der Waals surface area contributed by atoms with E-state index in [1.54, 1.807) is 16.6 Å². The summed E-state index contributed by atoms with van der Waals surface area (Å²) in [7, 11) is 1.58. The molecule has 12 heteroatoms. The van der Waals surface area contributed by atoms with Gasteiger partial charge in [-0.3, -0.25) is 9.36 Å². The van der Waals surface area contributed by atoms with Gasteiger partial charge in [0.1, 0.15) is 17.5 Å². The Labute approximate surface area is 247 Å². The number of carbonyl (C=O) groups excluding carboxylic acids is 1. The molecular formula is C28H31ClF2N4O3S2. The number of rotatable bonds is 5. The third-order valence-electron chi connectivity index (χ3n) is 7.41.